The van der Waals surface area contributed by atoms with Gasteiger partial charge in [0.15, 0.2) is 0 Å². The number of rotatable bonds is 1. The quantitative estimate of drug-likeness (QED) is 0.744. The van der Waals surface area contributed by atoms with Gasteiger partial charge in [-0.05, 0) is 51.0 Å². The van der Waals surface area contributed by atoms with E-state index in [1.165, 1.54) is 30.8 Å². The second kappa shape index (κ2) is 4.23. The van der Waals surface area contributed by atoms with Gasteiger partial charge in [0.05, 0.1) is 11.4 Å². The van der Waals surface area contributed by atoms with E-state index in [-0.39, 0.29) is 5.82 Å². The maximum atomic E-state index is 13.0. The Labute approximate surface area is 106 Å². The summed E-state index contributed by atoms with van der Waals surface area (Å²) in [7, 11) is 0. The molecule has 0 radical (unpaired) electrons. The van der Waals surface area contributed by atoms with Crippen molar-refractivity contribution in [1.82, 2.24) is 9.55 Å². The van der Waals surface area contributed by atoms with Gasteiger partial charge in [-0.2, -0.15) is 0 Å². The smallest absolute Gasteiger partial charge is 0.123 e. The molecule has 0 saturated carbocycles. The molecule has 0 fully saturated rings. The summed E-state index contributed by atoms with van der Waals surface area (Å²) in [5, 5.41) is 0. The predicted molar refractivity (Wildman–Crippen MR) is 70.0 cm³/mol. The summed E-state index contributed by atoms with van der Waals surface area (Å²) in [6.45, 7) is 4.27. The summed E-state index contributed by atoms with van der Waals surface area (Å²) in [6.07, 6.45) is 3.45. The summed E-state index contributed by atoms with van der Waals surface area (Å²) in [4.78, 5) is 4.67. The molecule has 0 amide bonds. The molecule has 0 spiro atoms. The van der Waals surface area contributed by atoms with E-state index in [9.17, 15) is 4.39 Å². The Hall–Kier alpha value is -1.64. The first-order chi connectivity index (χ1) is 8.66. The Balaban J connectivity index is 2.17. The fourth-order valence-corrected chi connectivity index (χ4v) is 2.90. The van der Waals surface area contributed by atoms with Gasteiger partial charge in [-0.1, -0.05) is 0 Å². The maximum absolute atomic E-state index is 13.0. The molecule has 3 rings (SSSR count). The number of aromatic nitrogens is 2. The largest absolute Gasteiger partial charge is 0.325 e. The van der Waals surface area contributed by atoms with Crippen LogP contribution in [0.25, 0.3) is 11.3 Å². The van der Waals surface area contributed by atoms with E-state index >= 15 is 0 Å². The second-order valence-corrected chi connectivity index (χ2v) is 5.08. The Morgan fingerprint density at radius 2 is 2.00 bits per heavy atom. The van der Waals surface area contributed by atoms with Crippen LogP contribution in [0.15, 0.2) is 24.3 Å². The molecule has 0 aliphatic carbocycles. The second-order valence-electron chi connectivity index (χ2n) is 5.08. The van der Waals surface area contributed by atoms with Crippen LogP contribution in [0, 0.1) is 12.7 Å². The van der Waals surface area contributed by atoms with E-state index in [0.29, 0.717) is 6.04 Å². The molecular formula is C15H17FN2. The van der Waals surface area contributed by atoms with E-state index in [2.05, 4.69) is 16.5 Å². The minimum absolute atomic E-state index is 0.192. The third-order valence-electron chi connectivity index (χ3n) is 3.74. The molecule has 1 aliphatic heterocycles. The van der Waals surface area contributed by atoms with Crippen LogP contribution in [0.3, 0.4) is 0 Å². The lowest BCUT2D eigenvalue weighted by Crippen LogP contribution is -2.16. The first-order valence-electron chi connectivity index (χ1n) is 6.50. The highest BCUT2D eigenvalue weighted by Crippen LogP contribution is 2.33. The molecule has 1 aromatic heterocycles. The number of fused-ring (bicyclic) bond motifs is 1. The zero-order valence-corrected chi connectivity index (χ0v) is 10.8. The maximum Gasteiger partial charge on any atom is 0.123 e. The highest BCUT2D eigenvalue weighted by Gasteiger charge is 2.23. The van der Waals surface area contributed by atoms with Gasteiger partial charge in [0.25, 0.3) is 0 Å². The van der Waals surface area contributed by atoms with Gasteiger partial charge in [0.1, 0.15) is 11.6 Å². The Morgan fingerprint density at radius 1 is 1.28 bits per heavy atom. The van der Waals surface area contributed by atoms with Crippen molar-refractivity contribution in [1.29, 1.82) is 0 Å². The van der Waals surface area contributed by atoms with Crippen LogP contribution in [-0.4, -0.2) is 9.55 Å². The van der Waals surface area contributed by atoms with Crippen LogP contribution in [0.2, 0.25) is 0 Å². The lowest BCUT2D eigenvalue weighted by atomic mass is 10.0. The van der Waals surface area contributed by atoms with Gasteiger partial charge >= 0.3 is 0 Å². The molecule has 2 nitrogen and oxygen atoms in total. The van der Waals surface area contributed by atoms with Gasteiger partial charge in [-0.25, -0.2) is 9.37 Å². The number of imidazole rings is 1. The Kier molecular flexibility index (Phi) is 2.69. The summed E-state index contributed by atoms with van der Waals surface area (Å²) in [5.74, 6) is 0.980. The van der Waals surface area contributed by atoms with Crippen molar-refractivity contribution in [2.45, 2.75) is 39.2 Å². The predicted octanol–water partition coefficient (Wildman–Crippen LogP) is 3.89. The molecule has 18 heavy (non-hydrogen) atoms. The van der Waals surface area contributed by atoms with Crippen molar-refractivity contribution in [2.75, 3.05) is 0 Å². The highest BCUT2D eigenvalue weighted by molar-refractivity contribution is 5.63. The minimum atomic E-state index is -0.192. The molecule has 1 atom stereocenters. The summed E-state index contributed by atoms with van der Waals surface area (Å²) < 4.78 is 15.3. The van der Waals surface area contributed by atoms with Gasteiger partial charge in [-0.3, -0.25) is 0 Å². The molecule has 0 saturated heterocycles. The average molecular weight is 244 g/mol. The van der Waals surface area contributed by atoms with Crippen LogP contribution >= 0.6 is 0 Å². The van der Waals surface area contributed by atoms with Crippen LogP contribution in [-0.2, 0) is 6.42 Å². The molecule has 2 aromatic rings. The normalized spacial score (nSPS) is 18.7. The molecule has 1 aliphatic rings. The summed E-state index contributed by atoms with van der Waals surface area (Å²) in [5.41, 5.74) is 3.25. The van der Waals surface area contributed by atoms with E-state index in [0.717, 1.165) is 23.4 Å². The third-order valence-corrected chi connectivity index (χ3v) is 3.74. The standard InChI is InChI=1S/C15H17FN2/c1-10-4-3-5-14-17-11(2)15(18(10)14)12-6-8-13(16)9-7-12/h6-10H,3-5H2,1-2H3. The first kappa shape index (κ1) is 11.5. The van der Waals surface area contributed by atoms with Gasteiger partial charge in [0.2, 0.25) is 0 Å². The lowest BCUT2D eigenvalue weighted by molar-refractivity contribution is 0.429. The van der Waals surface area contributed by atoms with Gasteiger partial charge < -0.3 is 4.57 Å². The van der Waals surface area contributed by atoms with Crippen LogP contribution in [0.1, 0.15) is 37.3 Å². The van der Waals surface area contributed by atoms with E-state index in [1.54, 1.807) is 0 Å². The van der Waals surface area contributed by atoms with Crippen molar-refractivity contribution in [3.63, 3.8) is 0 Å². The zero-order chi connectivity index (χ0) is 12.7. The number of benzene rings is 1. The van der Waals surface area contributed by atoms with Gasteiger partial charge in [-0.15, -0.1) is 0 Å². The summed E-state index contributed by atoms with van der Waals surface area (Å²) >= 11 is 0. The van der Waals surface area contributed by atoms with Crippen molar-refractivity contribution in [3.8, 4) is 11.3 Å². The van der Waals surface area contributed by atoms with Crippen LogP contribution < -0.4 is 0 Å². The molecule has 0 N–H and O–H groups in total. The molecule has 1 aromatic carbocycles. The fraction of sp³-hybridized carbons (Fsp3) is 0.400. The Morgan fingerprint density at radius 3 is 2.72 bits per heavy atom. The number of nitrogens with zero attached hydrogens (tertiary/aromatic N) is 2. The highest BCUT2D eigenvalue weighted by atomic mass is 19.1. The molecule has 2 heterocycles. The minimum Gasteiger partial charge on any atom is -0.325 e. The van der Waals surface area contributed by atoms with E-state index in [1.807, 2.05) is 19.1 Å². The number of aryl methyl sites for hydroxylation is 2. The molecule has 0 bridgehead atoms. The summed E-state index contributed by atoms with van der Waals surface area (Å²) in [6, 6.07) is 7.20. The van der Waals surface area contributed by atoms with Crippen LogP contribution in [0.4, 0.5) is 4.39 Å². The third kappa shape index (κ3) is 1.74. The average Bonchev–Trinajstić information content (AvgIpc) is 2.68. The first-order valence-corrected chi connectivity index (χ1v) is 6.50. The van der Waals surface area contributed by atoms with E-state index < -0.39 is 0 Å². The van der Waals surface area contributed by atoms with Gasteiger partial charge in [0, 0.05) is 18.0 Å². The number of hydrogen-bond acceptors (Lipinski definition) is 1. The van der Waals surface area contributed by atoms with E-state index in [4.69, 9.17) is 0 Å². The molecule has 1 unspecified atom stereocenters. The lowest BCUT2D eigenvalue weighted by Gasteiger charge is -2.24. The number of hydrogen-bond donors (Lipinski definition) is 0. The zero-order valence-electron chi connectivity index (χ0n) is 10.8. The number of halogens is 1. The molecule has 94 valence electrons. The van der Waals surface area contributed by atoms with Crippen molar-refractivity contribution in [2.24, 2.45) is 0 Å². The van der Waals surface area contributed by atoms with Crippen molar-refractivity contribution >= 4 is 0 Å². The molecular weight excluding hydrogens is 227 g/mol. The SMILES string of the molecule is Cc1nc2n(c1-c1ccc(F)cc1)C(C)CCC2. The topological polar surface area (TPSA) is 17.8 Å². The monoisotopic (exact) mass is 244 g/mol. The van der Waals surface area contributed by atoms with Crippen LogP contribution in [0.5, 0.6) is 0 Å². The Bertz CT molecular complexity index is 569. The fourth-order valence-electron chi connectivity index (χ4n) is 2.90. The molecule has 3 heteroatoms. The van der Waals surface area contributed by atoms with Crippen molar-refractivity contribution in [3.05, 3.63) is 41.6 Å². The van der Waals surface area contributed by atoms with Crippen molar-refractivity contribution < 1.29 is 4.39 Å².